The smallest absolute Gasteiger partial charge is 0.326 e. The van der Waals surface area contributed by atoms with Gasteiger partial charge >= 0.3 is 6.01 Å². The van der Waals surface area contributed by atoms with Crippen LogP contribution in [0.5, 0.6) is 11.8 Å². The van der Waals surface area contributed by atoms with Crippen LogP contribution in [-0.2, 0) is 6.42 Å². The molecule has 1 aliphatic carbocycles. The van der Waals surface area contributed by atoms with Gasteiger partial charge in [-0.05, 0) is 27.2 Å². The van der Waals surface area contributed by atoms with Crippen molar-refractivity contribution >= 4 is 23.5 Å². The Bertz CT molecular complexity index is 1240. The number of aryl methyl sites for hydroxylation is 1. The molecule has 33 heavy (non-hydrogen) atoms. The van der Waals surface area contributed by atoms with E-state index in [1.165, 1.54) is 0 Å². The van der Waals surface area contributed by atoms with Crippen LogP contribution >= 0.6 is 0 Å². The maximum Gasteiger partial charge on any atom is 0.326 e. The Morgan fingerprint density at radius 1 is 1.15 bits per heavy atom. The van der Waals surface area contributed by atoms with Crippen molar-refractivity contribution in [1.82, 2.24) is 25.5 Å². The van der Waals surface area contributed by atoms with E-state index >= 15 is 4.39 Å². The van der Waals surface area contributed by atoms with Gasteiger partial charge < -0.3 is 20.3 Å². The Labute approximate surface area is 190 Å². The largest absolute Gasteiger partial charge is 0.421 e. The van der Waals surface area contributed by atoms with Crippen LogP contribution in [0, 0.1) is 18.6 Å². The van der Waals surface area contributed by atoms with Crippen LogP contribution in [0.15, 0.2) is 23.8 Å². The molecular weight excluding hydrogens is 428 g/mol. The van der Waals surface area contributed by atoms with Crippen molar-refractivity contribution in [1.29, 1.82) is 0 Å². The first-order valence-corrected chi connectivity index (χ1v) is 10.9. The molecule has 172 valence electrons. The molecule has 0 bridgehead atoms. The highest BCUT2D eigenvalue weighted by molar-refractivity contribution is 5.66. The SMILES string of the molecule is CC1=Cc2c(F)c(Oc3nc(Nc4cc(C)[nH]n4)cc(N4CCNCC4C)n3)cc(F)c2C1. The monoisotopic (exact) mass is 453 g/mol. The Morgan fingerprint density at radius 3 is 2.76 bits per heavy atom. The van der Waals surface area contributed by atoms with Crippen molar-refractivity contribution in [3.8, 4) is 11.8 Å². The number of aromatic nitrogens is 4. The first kappa shape index (κ1) is 21.3. The summed E-state index contributed by atoms with van der Waals surface area (Å²) in [6.07, 6.45) is 2.04. The van der Waals surface area contributed by atoms with E-state index in [1.807, 2.05) is 19.9 Å². The number of piperazine rings is 1. The van der Waals surface area contributed by atoms with Gasteiger partial charge in [-0.25, -0.2) is 8.78 Å². The molecule has 10 heteroatoms. The summed E-state index contributed by atoms with van der Waals surface area (Å²) in [6.45, 7) is 8.17. The average molecular weight is 453 g/mol. The summed E-state index contributed by atoms with van der Waals surface area (Å²) in [5.41, 5.74) is 2.35. The molecule has 1 aromatic carbocycles. The summed E-state index contributed by atoms with van der Waals surface area (Å²) >= 11 is 0. The number of ether oxygens (including phenoxy) is 1. The predicted molar refractivity (Wildman–Crippen MR) is 122 cm³/mol. The van der Waals surface area contributed by atoms with E-state index in [9.17, 15) is 4.39 Å². The number of anilines is 3. The van der Waals surface area contributed by atoms with Gasteiger partial charge in [0.1, 0.15) is 17.5 Å². The third kappa shape index (κ3) is 4.25. The predicted octanol–water partition coefficient (Wildman–Crippen LogP) is 4.08. The number of hydrogen-bond donors (Lipinski definition) is 3. The summed E-state index contributed by atoms with van der Waals surface area (Å²) in [5, 5.41) is 13.5. The van der Waals surface area contributed by atoms with E-state index < -0.39 is 11.6 Å². The van der Waals surface area contributed by atoms with Crippen molar-refractivity contribution in [2.75, 3.05) is 29.9 Å². The minimum atomic E-state index is -0.620. The Morgan fingerprint density at radius 2 is 2.00 bits per heavy atom. The molecule has 1 aliphatic heterocycles. The van der Waals surface area contributed by atoms with E-state index in [-0.39, 0.29) is 23.4 Å². The second-order valence-corrected chi connectivity index (χ2v) is 8.53. The molecule has 0 radical (unpaired) electrons. The third-order valence-electron chi connectivity index (χ3n) is 5.82. The number of allylic oxidation sites excluding steroid dienone is 1. The molecule has 1 atom stereocenters. The number of hydrogen-bond acceptors (Lipinski definition) is 7. The molecule has 3 N–H and O–H groups in total. The lowest BCUT2D eigenvalue weighted by molar-refractivity contribution is 0.404. The summed E-state index contributed by atoms with van der Waals surface area (Å²) < 4.78 is 35.5. The molecule has 2 aliphatic rings. The van der Waals surface area contributed by atoms with Gasteiger partial charge in [0.15, 0.2) is 17.4 Å². The number of benzene rings is 1. The molecule has 1 saturated heterocycles. The molecule has 0 saturated carbocycles. The van der Waals surface area contributed by atoms with Crippen molar-refractivity contribution in [3.05, 3.63) is 52.2 Å². The first-order valence-electron chi connectivity index (χ1n) is 10.9. The van der Waals surface area contributed by atoms with Gasteiger partial charge in [0.2, 0.25) is 0 Å². The second kappa shape index (κ2) is 8.43. The van der Waals surface area contributed by atoms with E-state index in [0.29, 0.717) is 29.4 Å². The van der Waals surface area contributed by atoms with Gasteiger partial charge in [0.05, 0.1) is 0 Å². The normalized spacial score (nSPS) is 17.7. The first-order chi connectivity index (χ1) is 15.9. The number of nitrogens with zero attached hydrogens (tertiary/aromatic N) is 4. The van der Waals surface area contributed by atoms with Gasteiger partial charge in [0, 0.05) is 60.7 Å². The van der Waals surface area contributed by atoms with Crippen molar-refractivity contribution in [2.45, 2.75) is 33.2 Å². The van der Waals surface area contributed by atoms with Crippen LogP contribution in [0.2, 0.25) is 0 Å². The van der Waals surface area contributed by atoms with E-state index in [1.54, 1.807) is 12.1 Å². The van der Waals surface area contributed by atoms with Crippen LogP contribution in [0.4, 0.5) is 26.2 Å². The fraction of sp³-hybridized carbons (Fsp3) is 0.348. The summed E-state index contributed by atoms with van der Waals surface area (Å²) in [5.74, 6) is 0.264. The number of halogens is 2. The number of nitrogens with one attached hydrogen (secondary N) is 3. The Hall–Kier alpha value is -3.53. The van der Waals surface area contributed by atoms with E-state index in [0.717, 1.165) is 37.0 Å². The van der Waals surface area contributed by atoms with Gasteiger partial charge in [0.25, 0.3) is 0 Å². The van der Waals surface area contributed by atoms with Crippen LogP contribution in [0.1, 0.15) is 30.7 Å². The quantitative estimate of drug-likeness (QED) is 0.536. The number of H-pyrrole nitrogens is 1. The van der Waals surface area contributed by atoms with Crippen LogP contribution in [0.25, 0.3) is 6.08 Å². The zero-order chi connectivity index (χ0) is 23.1. The molecule has 1 unspecified atom stereocenters. The van der Waals surface area contributed by atoms with Crippen molar-refractivity contribution in [2.24, 2.45) is 0 Å². The number of fused-ring (bicyclic) bond motifs is 1. The van der Waals surface area contributed by atoms with Gasteiger partial charge in [-0.2, -0.15) is 15.1 Å². The fourth-order valence-electron chi connectivity index (χ4n) is 4.20. The fourth-order valence-corrected chi connectivity index (χ4v) is 4.20. The number of aromatic amines is 1. The van der Waals surface area contributed by atoms with Crippen LogP contribution in [0.3, 0.4) is 0 Å². The summed E-state index contributed by atoms with van der Waals surface area (Å²) in [4.78, 5) is 11.0. The minimum Gasteiger partial charge on any atom is -0.421 e. The molecule has 0 amide bonds. The summed E-state index contributed by atoms with van der Waals surface area (Å²) in [7, 11) is 0. The molecule has 8 nitrogen and oxygen atoms in total. The molecule has 2 aromatic heterocycles. The Balaban J connectivity index is 1.52. The van der Waals surface area contributed by atoms with Gasteiger partial charge in [-0.1, -0.05) is 11.6 Å². The Kier molecular flexibility index (Phi) is 5.45. The second-order valence-electron chi connectivity index (χ2n) is 8.53. The highest BCUT2D eigenvalue weighted by atomic mass is 19.1. The minimum absolute atomic E-state index is 0.0788. The third-order valence-corrected chi connectivity index (χ3v) is 5.82. The van der Waals surface area contributed by atoms with Gasteiger partial charge in [-0.15, -0.1) is 0 Å². The highest BCUT2D eigenvalue weighted by Crippen LogP contribution is 2.36. The molecule has 3 heterocycles. The molecule has 1 fully saturated rings. The van der Waals surface area contributed by atoms with Crippen molar-refractivity contribution in [3.63, 3.8) is 0 Å². The lowest BCUT2D eigenvalue weighted by atomic mass is 10.1. The topological polar surface area (TPSA) is 91.0 Å². The van der Waals surface area contributed by atoms with Crippen LogP contribution < -0.4 is 20.3 Å². The van der Waals surface area contributed by atoms with Gasteiger partial charge in [-0.3, -0.25) is 5.10 Å². The van der Waals surface area contributed by atoms with Crippen LogP contribution in [-0.4, -0.2) is 45.8 Å². The van der Waals surface area contributed by atoms with E-state index in [2.05, 4.69) is 42.6 Å². The van der Waals surface area contributed by atoms with E-state index in [4.69, 9.17) is 4.74 Å². The zero-order valence-electron chi connectivity index (χ0n) is 18.7. The summed E-state index contributed by atoms with van der Waals surface area (Å²) in [6, 6.07) is 4.80. The molecule has 5 rings (SSSR count). The zero-order valence-corrected chi connectivity index (χ0v) is 18.7. The standard InChI is InChI=1S/C23H25F2N7O/c1-12-6-15-16(7-12)22(25)18(9-17(15)24)33-23-28-19(27-20-8-13(2)30-31-20)10-21(29-23)32-5-4-26-11-14(32)3/h7-10,14,26H,4-6,11H2,1-3H3,(H2,27,28,29,30,31). The highest BCUT2D eigenvalue weighted by Gasteiger charge is 2.25. The molecule has 3 aromatic rings. The molecular formula is C23H25F2N7O. The lowest BCUT2D eigenvalue weighted by Crippen LogP contribution is -2.50. The average Bonchev–Trinajstić information content (AvgIpc) is 3.37. The maximum atomic E-state index is 15.1. The number of rotatable bonds is 5. The lowest BCUT2D eigenvalue weighted by Gasteiger charge is -2.35. The molecule has 0 spiro atoms. The van der Waals surface area contributed by atoms with Crippen molar-refractivity contribution < 1.29 is 13.5 Å². The maximum absolute atomic E-state index is 15.1.